The highest BCUT2D eigenvalue weighted by Gasteiger charge is 2.27. The van der Waals surface area contributed by atoms with Crippen LogP contribution in [0.3, 0.4) is 0 Å². The van der Waals surface area contributed by atoms with E-state index in [-0.39, 0.29) is 16.1 Å². The zero-order valence-electron chi connectivity index (χ0n) is 13.1. The molecule has 0 unspecified atom stereocenters. The maximum absolute atomic E-state index is 11.0. The first kappa shape index (κ1) is 15.6. The molecule has 1 heterocycles. The second kappa shape index (κ2) is 5.89. The Kier molecular flexibility index (Phi) is 4.37. The molecule has 1 aromatic carbocycles. The molecule has 116 valence electrons. The van der Waals surface area contributed by atoms with Crippen LogP contribution in [0.5, 0.6) is 5.75 Å². The Labute approximate surface area is 125 Å². The number of nitro benzene ring substituents is 1. The number of benzene rings is 1. The maximum atomic E-state index is 11.0. The second-order valence-corrected chi connectivity index (χ2v) is 6.26. The first-order chi connectivity index (χ1) is 9.82. The van der Waals surface area contributed by atoms with Gasteiger partial charge in [-0.1, -0.05) is 0 Å². The largest absolute Gasteiger partial charge is 0.495 e. The molecule has 0 aromatic heterocycles. The quantitative estimate of drug-likeness (QED) is 0.633. The van der Waals surface area contributed by atoms with Gasteiger partial charge in [0.1, 0.15) is 5.75 Å². The average molecular weight is 293 g/mol. The minimum absolute atomic E-state index is 0.101. The monoisotopic (exact) mass is 293 g/mol. The molecule has 2 rings (SSSR count). The molecule has 0 amide bonds. The number of anilines is 1. The van der Waals surface area contributed by atoms with E-state index >= 15 is 0 Å². The van der Waals surface area contributed by atoms with Crippen LogP contribution in [0.25, 0.3) is 0 Å². The maximum Gasteiger partial charge on any atom is 0.271 e. The SMILES string of the molecule is COc1ccc([N+](=O)[O-])cc1N1CCN(C(C)(C)C)CC1. The summed E-state index contributed by atoms with van der Waals surface area (Å²) in [5.41, 5.74) is 1.06. The normalized spacial score (nSPS) is 16.9. The van der Waals surface area contributed by atoms with Crippen molar-refractivity contribution in [3.8, 4) is 5.75 Å². The zero-order valence-corrected chi connectivity index (χ0v) is 13.1. The van der Waals surface area contributed by atoms with Gasteiger partial charge in [0.25, 0.3) is 5.69 Å². The number of methoxy groups -OCH3 is 1. The molecule has 0 spiro atoms. The molecule has 0 bridgehead atoms. The molecule has 1 aliphatic heterocycles. The summed E-state index contributed by atoms with van der Waals surface area (Å²) in [7, 11) is 1.59. The average Bonchev–Trinajstić information content (AvgIpc) is 2.45. The van der Waals surface area contributed by atoms with Gasteiger partial charge in [-0.2, -0.15) is 0 Å². The predicted molar refractivity (Wildman–Crippen MR) is 83.2 cm³/mol. The van der Waals surface area contributed by atoms with E-state index in [0.29, 0.717) is 5.75 Å². The molecule has 0 N–H and O–H groups in total. The lowest BCUT2D eigenvalue weighted by Crippen LogP contribution is -2.53. The van der Waals surface area contributed by atoms with Gasteiger partial charge in [-0.05, 0) is 26.8 Å². The Morgan fingerprint density at radius 3 is 2.29 bits per heavy atom. The molecular weight excluding hydrogens is 270 g/mol. The van der Waals surface area contributed by atoms with Crippen molar-refractivity contribution in [1.82, 2.24) is 4.90 Å². The van der Waals surface area contributed by atoms with Crippen LogP contribution in [0.4, 0.5) is 11.4 Å². The number of hydrogen-bond donors (Lipinski definition) is 0. The highest BCUT2D eigenvalue weighted by Crippen LogP contribution is 2.33. The Balaban J connectivity index is 2.19. The van der Waals surface area contributed by atoms with Gasteiger partial charge in [0.2, 0.25) is 0 Å². The van der Waals surface area contributed by atoms with Crippen LogP contribution in [0.1, 0.15) is 20.8 Å². The number of piperazine rings is 1. The lowest BCUT2D eigenvalue weighted by Gasteiger charge is -2.43. The Bertz CT molecular complexity index is 517. The van der Waals surface area contributed by atoms with Gasteiger partial charge in [0, 0.05) is 43.9 Å². The first-order valence-corrected chi connectivity index (χ1v) is 7.15. The van der Waals surface area contributed by atoms with Crippen molar-refractivity contribution in [2.24, 2.45) is 0 Å². The summed E-state index contributed by atoms with van der Waals surface area (Å²) in [5, 5.41) is 11.0. The summed E-state index contributed by atoms with van der Waals surface area (Å²) >= 11 is 0. The van der Waals surface area contributed by atoms with Crippen LogP contribution in [0.15, 0.2) is 18.2 Å². The van der Waals surface area contributed by atoms with E-state index in [2.05, 4.69) is 30.6 Å². The summed E-state index contributed by atoms with van der Waals surface area (Å²) in [4.78, 5) is 15.2. The molecule has 0 atom stereocenters. The third kappa shape index (κ3) is 3.44. The number of hydrogen-bond acceptors (Lipinski definition) is 5. The molecule has 6 heteroatoms. The van der Waals surface area contributed by atoms with Gasteiger partial charge >= 0.3 is 0 Å². The van der Waals surface area contributed by atoms with E-state index in [1.165, 1.54) is 6.07 Å². The Hall–Kier alpha value is -1.82. The standard InChI is InChI=1S/C15H23N3O3/c1-15(2,3)17-9-7-16(8-10-17)13-11-12(18(19)20)5-6-14(13)21-4/h5-6,11H,7-10H2,1-4H3. The van der Waals surface area contributed by atoms with Crippen LogP contribution in [-0.4, -0.2) is 48.7 Å². The predicted octanol–water partition coefficient (Wildman–Crippen LogP) is 2.52. The van der Waals surface area contributed by atoms with Crippen LogP contribution < -0.4 is 9.64 Å². The van der Waals surface area contributed by atoms with Crippen molar-refractivity contribution in [3.05, 3.63) is 28.3 Å². The Morgan fingerprint density at radius 2 is 1.81 bits per heavy atom. The van der Waals surface area contributed by atoms with Gasteiger partial charge in [-0.15, -0.1) is 0 Å². The smallest absolute Gasteiger partial charge is 0.271 e. The van der Waals surface area contributed by atoms with Gasteiger partial charge in [0.05, 0.1) is 17.7 Å². The fraction of sp³-hybridized carbons (Fsp3) is 0.600. The van der Waals surface area contributed by atoms with Crippen molar-refractivity contribution in [3.63, 3.8) is 0 Å². The number of nitrogens with zero attached hydrogens (tertiary/aromatic N) is 3. The first-order valence-electron chi connectivity index (χ1n) is 7.15. The molecule has 0 radical (unpaired) electrons. The minimum Gasteiger partial charge on any atom is -0.495 e. The van der Waals surface area contributed by atoms with Crippen molar-refractivity contribution in [2.45, 2.75) is 26.3 Å². The van der Waals surface area contributed by atoms with Crippen LogP contribution in [0, 0.1) is 10.1 Å². The third-order valence-electron chi connectivity index (χ3n) is 3.94. The number of non-ortho nitro benzene ring substituents is 1. The van der Waals surface area contributed by atoms with E-state index < -0.39 is 0 Å². The molecule has 1 aliphatic rings. The topological polar surface area (TPSA) is 58.9 Å². The van der Waals surface area contributed by atoms with Crippen molar-refractivity contribution in [1.29, 1.82) is 0 Å². The summed E-state index contributed by atoms with van der Waals surface area (Å²) < 4.78 is 5.35. The van der Waals surface area contributed by atoms with E-state index in [1.807, 2.05) is 0 Å². The van der Waals surface area contributed by atoms with Crippen LogP contribution in [0.2, 0.25) is 0 Å². The molecule has 21 heavy (non-hydrogen) atoms. The summed E-state index contributed by atoms with van der Waals surface area (Å²) in [6.45, 7) is 10.2. The van der Waals surface area contributed by atoms with Gasteiger partial charge in [-0.3, -0.25) is 15.0 Å². The molecule has 1 saturated heterocycles. The van der Waals surface area contributed by atoms with Gasteiger partial charge in [0.15, 0.2) is 0 Å². The number of rotatable bonds is 3. The summed E-state index contributed by atoms with van der Waals surface area (Å²) in [6.07, 6.45) is 0. The van der Waals surface area contributed by atoms with Gasteiger partial charge in [-0.25, -0.2) is 0 Å². The molecule has 1 aromatic rings. The second-order valence-electron chi connectivity index (χ2n) is 6.26. The van der Waals surface area contributed by atoms with Crippen molar-refractivity contribution in [2.75, 3.05) is 38.2 Å². The molecular formula is C15H23N3O3. The minimum atomic E-state index is -0.367. The van der Waals surface area contributed by atoms with E-state index in [4.69, 9.17) is 4.74 Å². The van der Waals surface area contributed by atoms with E-state index in [1.54, 1.807) is 19.2 Å². The molecule has 0 aliphatic carbocycles. The highest BCUT2D eigenvalue weighted by atomic mass is 16.6. The lowest BCUT2D eigenvalue weighted by molar-refractivity contribution is -0.384. The number of ether oxygens (including phenoxy) is 1. The van der Waals surface area contributed by atoms with Crippen molar-refractivity contribution >= 4 is 11.4 Å². The highest BCUT2D eigenvalue weighted by molar-refractivity contribution is 5.63. The fourth-order valence-electron chi connectivity index (χ4n) is 2.66. The van der Waals surface area contributed by atoms with Crippen molar-refractivity contribution < 1.29 is 9.66 Å². The molecule has 6 nitrogen and oxygen atoms in total. The zero-order chi connectivity index (χ0) is 15.6. The van der Waals surface area contributed by atoms with Gasteiger partial charge < -0.3 is 9.64 Å². The molecule has 1 fully saturated rings. The fourth-order valence-corrected chi connectivity index (χ4v) is 2.66. The number of nitro groups is 1. The van der Waals surface area contributed by atoms with Crippen LogP contribution in [-0.2, 0) is 0 Å². The van der Waals surface area contributed by atoms with E-state index in [9.17, 15) is 10.1 Å². The lowest BCUT2D eigenvalue weighted by atomic mass is 10.0. The van der Waals surface area contributed by atoms with E-state index in [0.717, 1.165) is 31.9 Å². The van der Waals surface area contributed by atoms with Crippen LogP contribution >= 0.6 is 0 Å². The Morgan fingerprint density at radius 1 is 1.19 bits per heavy atom. The summed E-state index contributed by atoms with van der Waals surface area (Å²) in [6, 6.07) is 4.75. The molecule has 0 saturated carbocycles. The summed E-state index contributed by atoms with van der Waals surface area (Å²) in [5.74, 6) is 0.685. The third-order valence-corrected chi connectivity index (χ3v) is 3.94.